The first kappa shape index (κ1) is 15.8. The van der Waals surface area contributed by atoms with E-state index < -0.39 is 0 Å². The molecule has 4 heteroatoms. The Labute approximate surface area is 136 Å². The second-order valence-corrected chi connectivity index (χ2v) is 6.59. The lowest BCUT2D eigenvalue weighted by Gasteiger charge is -2.20. The van der Waals surface area contributed by atoms with Crippen LogP contribution in [0.1, 0.15) is 43.2 Å². The SMILES string of the molecule is Cc1ccc2cc(CCNC(=O)C3CCCCC3)c(=O)[nH]c2c1. The van der Waals surface area contributed by atoms with Crippen molar-refractivity contribution in [3.8, 4) is 0 Å². The number of aromatic nitrogens is 1. The minimum Gasteiger partial charge on any atom is -0.356 e. The average molecular weight is 312 g/mol. The minimum absolute atomic E-state index is 0.0602. The summed E-state index contributed by atoms with van der Waals surface area (Å²) in [6.07, 6.45) is 6.13. The number of hydrogen-bond acceptors (Lipinski definition) is 2. The van der Waals surface area contributed by atoms with E-state index in [1.165, 1.54) is 6.42 Å². The fourth-order valence-electron chi connectivity index (χ4n) is 3.38. The number of amides is 1. The zero-order valence-electron chi connectivity index (χ0n) is 13.7. The molecule has 1 heterocycles. The van der Waals surface area contributed by atoms with Crippen LogP contribution < -0.4 is 10.9 Å². The van der Waals surface area contributed by atoms with Crippen LogP contribution in [0.3, 0.4) is 0 Å². The highest BCUT2D eigenvalue weighted by Gasteiger charge is 2.20. The number of fused-ring (bicyclic) bond motifs is 1. The molecule has 0 bridgehead atoms. The van der Waals surface area contributed by atoms with Crippen molar-refractivity contribution in [1.82, 2.24) is 10.3 Å². The van der Waals surface area contributed by atoms with Gasteiger partial charge in [-0.05, 0) is 49.3 Å². The number of nitrogens with one attached hydrogen (secondary N) is 2. The van der Waals surface area contributed by atoms with Gasteiger partial charge in [-0.2, -0.15) is 0 Å². The van der Waals surface area contributed by atoms with Gasteiger partial charge in [0.1, 0.15) is 0 Å². The van der Waals surface area contributed by atoms with Crippen molar-refractivity contribution in [1.29, 1.82) is 0 Å². The highest BCUT2D eigenvalue weighted by atomic mass is 16.2. The predicted octanol–water partition coefficient (Wildman–Crippen LogP) is 3.08. The Kier molecular flexibility index (Phi) is 4.79. The molecule has 0 unspecified atom stereocenters. The topological polar surface area (TPSA) is 62.0 Å². The number of hydrogen-bond donors (Lipinski definition) is 2. The van der Waals surface area contributed by atoms with E-state index in [1.54, 1.807) is 0 Å². The Bertz CT molecular complexity index is 758. The van der Waals surface area contributed by atoms with E-state index in [2.05, 4.69) is 10.3 Å². The molecule has 1 amide bonds. The van der Waals surface area contributed by atoms with Gasteiger partial charge in [0, 0.05) is 23.5 Å². The quantitative estimate of drug-likeness (QED) is 0.911. The highest BCUT2D eigenvalue weighted by molar-refractivity contribution is 5.80. The Hall–Kier alpha value is -2.10. The molecule has 0 radical (unpaired) electrons. The molecular formula is C19H24N2O2. The van der Waals surface area contributed by atoms with Crippen molar-refractivity contribution in [2.24, 2.45) is 5.92 Å². The highest BCUT2D eigenvalue weighted by Crippen LogP contribution is 2.23. The van der Waals surface area contributed by atoms with Crippen LogP contribution in [-0.4, -0.2) is 17.4 Å². The number of carbonyl (C=O) groups excluding carboxylic acids is 1. The maximum Gasteiger partial charge on any atom is 0.251 e. The summed E-state index contributed by atoms with van der Waals surface area (Å²) >= 11 is 0. The molecule has 1 aromatic carbocycles. The van der Waals surface area contributed by atoms with Crippen molar-refractivity contribution in [2.75, 3.05) is 6.54 Å². The molecule has 4 nitrogen and oxygen atoms in total. The number of H-pyrrole nitrogens is 1. The van der Waals surface area contributed by atoms with Crippen LogP contribution in [0.4, 0.5) is 0 Å². The van der Waals surface area contributed by atoms with E-state index in [9.17, 15) is 9.59 Å². The molecule has 0 spiro atoms. The van der Waals surface area contributed by atoms with E-state index in [0.29, 0.717) is 13.0 Å². The molecule has 1 aliphatic rings. The third kappa shape index (κ3) is 3.81. The van der Waals surface area contributed by atoms with Gasteiger partial charge in [-0.25, -0.2) is 0 Å². The van der Waals surface area contributed by atoms with Gasteiger partial charge in [0.15, 0.2) is 0 Å². The number of aryl methyl sites for hydroxylation is 1. The van der Waals surface area contributed by atoms with Gasteiger partial charge in [0.25, 0.3) is 5.56 Å². The molecule has 122 valence electrons. The molecule has 3 rings (SSSR count). The zero-order valence-corrected chi connectivity index (χ0v) is 13.7. The normalized spacial score (nSPS) is 15.7. The first-order valence-corrected chi connectivity index (χ1v) is 8.54. The van der Waals surface area contributed by atoms with E-state index in [4.69, 9.17) is 0 Å². The maximum absolute atomic E-state index is 12.2. The van der Waals surface area contributed by atoms with E-state index in [1.807, 2.05) is 31.2 Å². The Morgan fingerprint density at radius 1 is 1.22 bits per heavy atom. The second-order valence-electron chi connectivity index (χ2n) is 6.59. The lowest BCUT2D eigenvalue weighted by Crippen LogP contribution is -2.33. The minimum atomic E-state index is -0.0602. The van der Waals surface area contributed by atoms with Crippen molar-refractivity contribution < 1.29 is 4.79 Å². The third-order valence-corrected chi connectivity index (χ3v) is 4.75. The van der Waals surface area contributed by atoms with Gasteiger partial charge in [0.2, 0.25) is 5.91 Å². The molecule has 23 heavy (non-hydrogen) atoms. The summed E-state index contributed by atoms with van der Waals surface area (Å²) in [4.78, 5) is 27.2. The lowest BCUT2D eigenvalue weighted by molar-refractivity contribution is -0.125. The first-order chi connectivity index (χ1) is 11.1. The smallest absolute Gasteiger partial charge is 0.251 e. The van der Waals surface area contributed by atoms with Gasteiger partial charge in [0.05, 0.1) is 0 Å². The summed E-state index contributed by atoms with van der Waals surface area (Å²) in [5, 5.41) is 4.02. The van der Waals surface area contributed by atoms with Crippen LogP contribution in [-0.2, 0) is 11.2 Å². The van der Waals surface area contributed by atoms with Crippen molar-refractivity contribution in [3.05, 3.63) is 45.7 Å². The van der Waals surface area contributed by atoms with Crippen LogP contribution in [0.5, 0.6) is 0 Å². The number of rotatable bonds is 4. The molecular weight excluding hydrogens is 288 g/mol. The predicted molar refractivity (Wildman–Crippen MR) is 92.6 cm³/mol. The molecule has 0 aliphatic heterocycles. The molecule has 0 saturated heterocycles. The average Bonchev–Trinajstić information content (AvgIpc) is 2.56. The molecule has 1 aromatic heterocycles. The number of carbonyl (C=O) groups is 1. The fourth-order valence-corrected chi connectivity index (χ4v) is 3.38. The van der Waals surface area contributed by atoms with Crippen LogP contribution in [0.2, 0.25) is 0 Å². The first-order valence-electron chi connectivity index (χ1n) is 8.54. The Morgan fingerprint density at radius 2 is 2.00 bits per heavy atom. The van der Waals surface area contributed by atoms with Crippen LogP contribution >= 0.6 is 0 Å². The van der Waals surface area contributed by atoms with Crippen LogP contribution in [0.15, 0.2) is 29.1 Å². The maximum atomic E-state index is 12.2. The standard InChI is InChI=1S/C19H24N2O2/c1-13-7-8-15-12-16(19(23)21-17(15)11-13)9-10-20-18(22)14-5-3-2-4-6-14/h7-8,11-12,14H,2-6,9-10H2,1H3,(H,20,22)(H,21,23). The molecule has 1 saturated carbocycles. The van der Waals surface area contributed by atoms with E-state index >= 15 is 0 Å². The van der Waals surface area contributed by atoms with E-state index in [-0.39, 0.29) is 17.4 Å². The number of benzene rings is 1. The third-order valence-electron chi connectivity index (χ3n) is 4.75. The number of aromatic amines is 1. The van der Waals surface area contributed by atoms with Gasteiger partial charge in [-0.15, -0.1) is 0 Å². The Morgan fingerprint density at radius 3 is 2.78 bits per heavy atom. The Balaban J connectivity index is 1.62. The van der Waals surface area contributed by atoms with Crippen molar-refractivity contribution >= 4 is 16.8 Å². The summed E-state index contributed by atoms with van der Waals surface area (Å²) in [6, 6.07) is 7.96. The molecule has 2 aromatic rings. The summed E-state index contributed by atoms with van der Waals surface area (Å²) in [5.74, 6) is 0.319. The zero-order chi connectivity index (χ0) is 16.2. The lowest BCUT2D eigenvalue weighted by atomic mass is 9.88. The van der Waals surface area contributed by atoms with Gasteiger partial charge in [-0.1, -0.05) is 31.4 Å². The number of pyridine rings is 1. The van der Waals surface area contributed by atoms with Gasteiger partial charge in [-0.3, -0.25) is 9.59 Å². The summed E-state index contributed by atoms with van der Waals surface area (Å²) < 4.78 is 0. The summed E-state index contributed by atoms with van der Waals surface area (Å²) in [6.45, 7) is 2.53. The van der Waals surface area contributed by atoms with Crippen LogP contribution in [0, 0.1) is 12.8 Å². The van der Waals surface area contributed by atoms with Gasteiger partial charge < -0.3 is 10.3 Å². The summed E-state index contributed by atoms with van der Waals surface area (Å²) in [7, 11) is 0. The fraction of sp³-hybridized carbons (Fsp3) is 0.474. The van der Waals surface area contributed by atoms with Crippen molar-refractivity contribution in [2.45, 2.75) is 45.4 Å². The van der Waals surface area contributed by atoms with Gasteiger partial charge >= 0.3 is 0 Å². The van der Waals surface area contributed by atoms with Crippen LogP contribution in [0.25, 0.3) is 10.9 Å². The second kappa shape index (κ2) is 6.99. The molecule has 1 fully saturated rings. The monoisotopic (exact) mass is 312 g/mol. The molecule has 2 N–H and O–H groups in total. The molecule has 0 atom stereocenters. The molecule has 1 aliphatic carbocycles. The van der Waals surface area contributed by atoms with E-state index in [0.717, 1.165) is 47.7 Å². The van der Waals surface area contributed by atoms with Crippen molar-refractivity contribution in [3.63, 3.8) is 0 Å². The summed E-state index contributed by atoms with van der Waals surface area (Å²) in [5.41, 5.74) is 2.66. The largest absolute Gasteiger partial charge is 0.356 e.